The van der Waals surface area contributed by atoms with Crippen LogP contribution in [0.5, 0.6) is 0 Å². The summed E-state index contributed by atoms with van der Waals surface area (Å²) in [4.78, 5) is 0. The molecule has 0 radical (unpaired) electrons. The second kappa shape index (κ2) is 6.70. The summed E-state index contributed by atoms with van der Waals surface area (Å²) in [6.07, 6.45) is 2.91. The van der Waals surface area contributed by atoms with Crippen molar-refractivity contribution in [3.63, 3.8) is 0 Å². The van der Waals surface area contributed by atoms with Crippen molar-refractivity contribution in [3.05, 3.63) is 35.9 Å². The lowest BCUT2D eigenvalue weighted by Crippen LogP contribution is -2.47. The minimum absolute atomic E-state index is 0.0394. The Morgan fingerprint density at radius 2 is 1.95 bits per heavy atom. The number of benzene rings is 1. The lowest BCUT2D eigenvalue weighted by atomic mass is 9.93. The lowest BCUT2D eigenvalue weighted by molar-refractivity contribution is 0.178. The molecule has 0 spiro atoms. The van der Waals surface area contributed by atoms with Crippen molar-refractivity contribution in [1.82, 2.24) is 4.31 Å². The first-order valence-electron chi connectivity index (χ1n) is 7.20. The maximum Gasteiger partial charge on any atom is 0.215 e. The van der Waals surface area contributed by atoms with Gasteiger partial charge in [0.2, 0.25) is 10.0 Å². The summed E-state index contributed by atoms with van der Waals surface area (Å²) in [5.74, 6) is 0.0653. The zero-order valence-electron chi connectivity index (χ0n) is 11.9. The molecular weight excluding hydrogens is 274 g/mol. The average molecular weight is 297 g/mol. The van der Waals surface area contributed by atoms with Crippen LogP contribution in [0.15, 0.2) is 30.3 Å². The van der Waals surface area contributed by atoms with Crippen LogP contribution < -0.4 is 0 Å². The van der Waals surface area contributed by atoms with Crippen LogP contribution in [-0.2, 0) is 10.0 Å². The van der Waals surface area contributed by atoms with Crippen molar-refractivity contribution in [2.24, 2.45) is 0 Å². The summed E-state index contributed by atoms with van der Waals surface area (Å²) in [7, 11) is -3.32. The van der Waals surface area contributed by atoms with E-state index >= 15 is 0 Å². The molecule has 20 heavy (non-hydrogen) atoms. The van der Waals surface area contributed by atoms with Gasteiger partial charge >= 0.3 is 0 Å². The summed E-state index contributed by atoms with van der Waals surface area (Å²) in [5, 5.41) is 9.11. The summed E-state index contributed by atoms with van der Waals surface area (Å²) in [6, 6.07) is 9.79. The van der Waals surface area contributed by atoms with E-state index in [-0.39, 0.29) is 30.9 Å². The van der Waals surface area contributed by atoms with Gasteiger partial charge in [0.05, 0.1) is 12.4 Å². The van der Waals surface area contributed by atoms with Gasteiger partial charge in [0, 0.05) is 12.6 Å². The Morgan fingerprint density at radius 3 is 2.45 bits per heavy atom. The maximum atomic E-state index is 12.6. The molecule has 1 aromatic carbocycles. The van der Waals surface area contributed by atoms with E-state index in [0.717, 1.165) is 24.8 Å². The molecule has 0 aliphatic heterocycles. The number of rotatable bonds is 7. The van der Waals surface area contributed by atoms with Crippen molar-refractivity contribution in [2.75, 3.05) is 18.9 Å². The highest BCUT2D eigenvalue weighted by molar-refractivity contribution is 7.89. The predicted octanol–water partition coefficient (Wildman–Crippen LogP) is 1.97. The van der Waals surface area contributed by atoms with Crippen LogP contribution in [0.3, 0.4) is 0 Å². The molecule has 1 aliphatic rings. The van der Waals surface area contributed by atoms with Gasteiger partial charge in [-0.25, -0.2) is 8.42 Å². The van der Waals surface area contributed by atoms with E-state index in [1.165, 1.54) is 4.31 Å². The van der Waals surface area contributed by atoms with Crippen molar-refractivity contribution in [3.8, 4) is 0 Å². The molecular formula is C15H23NO3S. The molecule has 0 heterocycles. The van der Waals surface area contributed by atoms with Gasteiger partial charge in [0.1, 0.15) is 0 Å². The molecule has 1 atom stereocenters. The van der Waals surface area contributed by atoms with Gasteiger partial charge in [0.25, 0.3) is 0 Å². The van der Waals surface area contributed by atoms with E-state index in [4.69, 9.17) is 5.11 Å². The number of hydrogen-bond acceptors (Lipinski definition) is 3. The molecule has 1 N–H and O–H groups in total. The Balaban J connectivity index is 2.08. The Kier molecular flexibility index (Phi) is 5.18. The molecule has 112 valence electrons. The van der Waals surface area contributed by atoms with Crippen molar-refractivity contribution in [1.29, 1.82) is 0 Å². The fourth-order valence-electron chi connectivity index (χ4n) is 2.61. The first kappa shape index (κ1) is 15.5. The Hall–Kier alpha value is -0.910. The zero-order valence-corrected chi connectivity index (χ0v) is 12.7. The molecule has 1 aromatic rings. The smallest absolute Gasteiger partial charge is 0.215 e. The third-order valence-corrected chi connectivity index (χ3v) is 6.11. The number of sulfonamides is 1. The van der Waals surface area contributed by atoms with Crippen LogP contribution in [0.4, 0.5) is 0 Å². The van der Waals surface area contributed by atoms with E-state index in [1.807, 2.05) is 37.3 Å². The van der Waals surface area contributed by atoms with E-state index in [1.54, 1.807) is 0 Å². The molecule has 0 aromatic heterocycles. The number of aliphatic hydroxyl groups is 1. The third-order valence-electron chi connectivity index (χ3n) is 3.99. The van der Waals surface area contributed by atoms with Crippen molar-refractivity contribution < 1.29 is 13.5 Å². The quantitative estimate of drug-likeness (QED) is 0.837. The van der Waals surface area contributed by atoms with Gasteiger partial charge in [-0.3, -0.25) is 0 Å². The summed E-state index contributed by atoms with van der Waals surface area (Å²) >= 11 is 0. The van der Waals surface area contributed by atoms with Crippen molar-refractivity contribution in [2.45, 2.75) is 38.1 Å². The highest BCUT2D eigenvalue weighted by Crippen LogP contribution is 2.28. The number of nitrogens with zero attached hydrogens (tertiary/aromatic N) is 1. The molecule has 4 nitrogen and oxygen atoms in total. The molecule has 5 heteroatoms. The Bertz CT molecular complexity index is 511. The van der Waals surface area contributed by atoms with Gasteiger partial charge in [-0.1, -0.05) is 43.7 Å². The third kappa shape index (κ3) is 3.59. The SMILES string of the molecule is CC(CS(=O)(=O)N(CCO)C1CCC1)c1ccccc1. The van der Waals surface area contributed by atoms with E-state index in [9.17, 15) is 8.42 Å². The normalized spacial score (nSPS) is 17.9. The topological polar surface area (TPSA) is 57.6 Å². The van der Waals surface area contributed by atoms with Crippen molar-refractivity contribution >= 4 is 10.0 Å². The van der Waals surface area contributed by atoms with Gasteiger partial charge in [0.15, 0.2) is 0 Å². The first-order valence-corrected chi connectivity index (χ1v) is 8.81. The van der Waals surface area contributed by atoms with Gasteiger partial charge in [-0.2, -0.15) is 4.31 Å². The summed E-state index contributed by atoms with van der Waals surface area (Å²) in [5.41, 5.74) is 1.04. The number of hydrogen-bond donors (Lipinski definition) is 1. The largest absolute Gasteiger partial charge is 0.395 e. The van der Waals surface area contributed by atoms with Crippen LogP contribution in [0.2, 0.25) is 0 Å². The van der Waals surface area contributed by atoms with E-state index < -0.39 is 10.0 Å². The van der Waals surface area contributed by atoms with E-state index in [2.05, 4.69) is 0 Å². The first-order chi connectivity index (χ1) is 9.54. The maximum absolute atomic E-state index is 12.6. The average Bonchev–Trinajstić information content (AvgIpc) is 2.36. The molecule has 1 unspecified atom stereocenters. The Labute approximate surface area is 121 Å². The molecule has 1 fully saturated rings. The molecule has 0 bridgehead atoms. The summed E-state index contributed by atoms with van der Waals surface area (Å²) < 4.78 is 26.6. The predicted molar refractivity (Wildman–Crippen MR) is 80.1 cm³/mol. The highest BCUT2D eigenvalue weighted by Gasteiger charge is 2.34. The van der Waals surface area contributed by atoms with Gasteiger partial charge in [-0.15, -0.1) is 0 Å². The number of aliphatic hydroxyl groups excluding tert-OH is 1. The molecule has 1 saturated carbocycles. The highest BCUT2D eigenvalue weighted by atomic mass is 32.2. The second-order valence-electron chi connectivity index (χ2n) is 5.51. The Morgan fingerprint density at radius 1 is 1.30 bits per heavy atom. The fourth-order valence-corrected chi connectivity index (χ4v) is 4.65. The monoisotopic (exact) mass is 297 g/mol. The van der Waals surface area contributed by atoms with Crippen LogP contribution in [-0.4, -0.2) is 42.8 Å². The van der Waals surface area contributed by atoms with Crippen LogP contribution in [0, 0.1) is 0 Å². The minimum atomic E-state index is -3.32. The fraction of sp³-hybridized carbons (Fsp3) is 0.600. The second-order valence-corrected chi connectivity index (χ2v) is 7.48. The standard InChI is InChI=1S/C15H23NO3S/c1-13(14-6-3-2-4-7-14)12-20(18,19)16(10-11-17)15-8-5-9-15/h2-4,6-7,13,15,17H,5,8-12H2,1H3. The molecule has 0 amide bonds. The molecule has 2 rings (SSSR count). The van der Waals surface area contributed by atoms with E-state index in [0.29, 0.717) is 0 Å². The van der Waals surface area contributed by atoms with Gasteiger partial charge in [-0.05, 0) is 24.3 Å². The van der Waals surface area contributed by atoms with Crippen LogP contribution >= 0.6 is 0 Å². The lowest BCUT2D eigenvalue weighted by Gasteiger charge is -2.36. The van der Waals surface area contributed by atoms with Crippen LogP contribution in [0.1, 0.15) is 37.7 Å². The van der Waals surface area contributed by atoms with Gasteiger partial charge < -0.3 is 5.11 Å². The minimum Gasteiger partial charge on any atom is -0.395 e. The van der Waals surface area contributed by atoms with Crippen LogP contribution in [0.25, 0.3) is 0 Å². The molecule has 0 saturated heterocycles. The summed E-state index contributed by atoms with van der Waals surface area (Å²) in [6.45, 7) is 2.04. The zero-order chi connectivity index (χ0) is 14.6. The molecule has 1 aliphatic carbocycles.